The second kappa shape index (κ2) is 11.2. The highest BCUT2D eigenvalue weighted by Gasteiger charge is 2.30. The summed E-state index contributed by atoms with van der Waals surface area (Å²) in [5.74, 6) is 2.97. The van der Waals surface area contributed by atoms with Gasteiger partial charge in [0.25, 0.3) is 0 Å². The van der Waals surface area contributed by atoms with Gasteiger partial charge in [0.15, 0.2) is 11.5 Å². The first kappa shape index (κ1) is 26.2. The zero-order chi connectivity index (χ0) is 26.8. The van der Waals surface area contributed by atoms with Gasteiger partial charge in [-0.3, -0.25) is 9.80 Å². The Balaban J connectivity index is 0.975. The lowest BCUT2D eigenvalue weighted by Crippen LogP contribution is -2.40. The van der Waals surface area contributed by atoms with Crippen LogP contribution in [0, 0.1) is 11.8 Å². The van der Waals surface area contributed by atoms with Crippen molar-refractivity contribution < 1.29 is 23.0 Å². The minimum atomic E-state index is -3.62. The van der Waals surface area contributed by atoms with E-state index in [0.29, 0.717) is 22.1 Å². The summed E-state index contributed by atoms with van der Waals surface area (Å²) >= 11 is 0. The van der Waals surface area contributed by atoms with Gasteiger partial charge in [0.2, 0.25) is 16.6 Å². The maximum atomic E-state index is 13.1. The number of hydrogen-bond donors (Lipinski definition) is 1. The van der Waals surface area contributed by atoms with Crippen molar-refractivity contribution in [3.05, 3.63) is 77.9 Å². The third-order valence-corrected chi connectivity index (χ3v) is 10.3. The molecule has 1 N–H and O–H groups in total. The molecule has 0 spiro atoms. The number of ether oxygens (including phenoxy) is 2. The van der Waals surface area contributed by atoms with Crippen molar-refractivity contribution in [3.63, 3.8) is 0 Å². The summed E-state index contributed by atoms with van der Waals surface area (Å²) in [5, 5.41) is 9.50. The van der Waals surface area contributed by atoms with Crippen LogP contribution in [0.1, 0.15) is 36.8 Å². The molecule has 3 aromatic carbocycles. The number of fused-ring (bicyclic) bond motifs is 1. The number of aromatic hydroxyl groups is 1. The number of likely N-dealkylation sites (tertiary alicyclic amines) is 2. The summed E-state index contributed by atoms with van der Waals surface area (Å²) in [4.78, 5) is 5.54. The smallest absolute Gasteiger partial charge is 0.231 e. The number of phenols is 1. The third-order valence-electron chi connectivity index (χ3n) is 8.57. The number of piperidine rings is 2. The molecule has 0 saturated carbocycles. The van der Waals surface area contributed by atoms with Gasteiger partial charge in [-0.15, -0.1) is 0 Å². The van der Waals surface area contributed by atoms with Crippen molar-refractivity contribution in [2.45, 2.75) is 48.6 Å². The molecule has 2 fully saturated rings. The van der Waals surface area contributed by atoms with Crippen molar-refractivity contribution in [1.82, 2.24) is 9.80 Å². The van der Waals surface area contributed by atoms with Crippen LogP contribution in [-0.2, 0) is 22.9 Å². The Kier molecular flexibility index (Phi) is 7.51. The van der Waals surface area contributed by atoms with Gasteiger partial charge in [-0.2, -0.15) is 0 Å². The Morgan fingerprint density at radius 3 is 1.72 bits per heavy atom. The SMILES string of the molecule is O=S(=O)(c1ccc(CN2CCC(C3CCN(Cc4ccc(O)cc4)CC3)CC2)cc1)c1ccc2c(c1)OCO2. The first-order valence-corrected chi connectivity index (χ1v) is 15.4. The van der Waals surface area contributed by atoms with Gasteiger partial charge < -0.3 is 14.6 Å². The zero-order valence-corrected chi connectivity index (χ0v) is 23.0. The van der Waals surface area contributed by atoms with E-state index in [0.717, 1.165) is 56.7 Å². The highest BCUT2D eigenvalue weighted by Crippen LogP contribution is 2.36. The third kappa shape index (κ3) is 5.93. The first-order chi connectivity index (χ1) is 18.9. The van der Waals surface area contributed by atoms with E-state index < -0.39 is 9.84 Å². The van der Waals surface area contributed by atoms with Crippen molar-refractivity contribution in [3.8, 4) is 17.2 Å². The molecule has 2 saturated heterocycles. The maximum Gasteiger partial charge on any atom is 0.231 e. The predicted molar refractivity (Wildman–Crippen MR) is 149 cm³/mol. The Morgan fingerprint density at radius 1 is 0.667 bits per heavy atom. The fourth-order valence-corrected chi connectivity index (χ4v) is 7.51. The van der Waals surface area contributed by atoms with Crippen molar-refractivity contribution in [2.75, 3.05) is 33.0 Å². The lowest BCUT2D eigenvalue weighted by atomic mass is 9.78. The molecule has 0 aliphatic carbocycles. The summed E-state index contributed by atoms with van der Waals surface area (Å²) in [6, 6.07) is 19.6. The molecule has 0 amide bonds. The number of benzene rings is 3. The number of sulfone groups is 1. The van der Waals surface area contributed by atoms with Crippen molar-refractivity contribution in [1.29, 1.82) is 0 Å². The molecule has 6 rings (SSSR count). The predicted octanol–water partition coefficient (Wildman–Crippen LogP) is 5.08. The van der Waals surface area contributed by atoms with Gasteiger partial charge in [-0.25, -0.2) is 8.42 Å². The molecular formula is C31H36N2O5S. The van der Waals surface area contributed by atoms with Crippen LogP contribution in [0.25, 0.3) is 0 Å². The van der Waals surface area contributed by atoms with E-state index in [1.807, 2.05) is 24.3 Å². The topological polar surface area (TPSA) is 79.3 Å². The minimum Gasteiger partial charge on any atom is -0.508 e. The molecule has 0 bridgehead atoms. The molecule has 7 nitrogen and oxygen atoms in total. The minimum absolute atomic E-state index is 0.117. The molecule has 0 aromatic heterocycles. The lowest BCUT2D eigenvalue weighted by molar-refractivity contribution is 0.0909. The van der Waals surface area contributed by atoms with Crippen LogP contribution < -0.4 is 9.47 Å². The molecule has 3 aliphatic heterocycles. The molecule has 3 aliphatic rings. The Morgan fingerprint density at radius 2 is 1.15 bits per heavy atom. The monoisotopic (exact) mass is 548 g/mol. The summed E-state index contributed by atoms with van der Waals surface area (Å²) in [6.45, 7) is 6.41. The number of phenolic OH excluding ortho intramolecular Hbond substituents is 1. The van der Waals surface area contributed by atoms with Gasteiger partial charge in [0.05, 0.1) is 9.79 Å². The number of nitrogens with zero attached hydrogens (tertiary/aromatic N) is 2. The van der Waals surface area contributed by atoms with E-state index in [1.165, 1.54) is 37.3 Å². The molecule has 0 radical (unpaired) electrons. The second-order valence-corrected chi connectivity index (χ2v) is 13.0. The van der Waals surface area contributed by atoms with E-state index in [1.54, 1.807) is 36.4 Å². The fourth-order valence-electron chi connectivity index (χ4n) is 6.24. The van der Waals surface area contributed by atoms with Gasteiger partial charge in [-0.05, 0) is 111 Å². The molecule has 3 heterocycles. The average molecular weight is 549 g/mol. The number of rotatable bonds is 7. The van der Waals surface area contributed by atoms with Gasteiger partial charge in [-0.1, -0.05) is 24.3 Å². The molecule has 3 aromatic rings. The molecular weight excluding hydrogens is 512 g/mol. The maximum absolute atomic E-state index is 13.1. The van der Waals surface area contributed by atoms with E-state index in [2.05, 4.69) is 9.80 Å². The summed E-state index contributed by atoms with van der Waals surface area (Å²) in [7, 11) is -3.62. The van der Waals surface area contributed by atoms with Crippen LogP contribution in [0.2, 0.25) is 0 Å². The van der Waals surface area contributed by atoms with E-state index in [4.69, 9.17) is 9.47 Å². The van der Waals surface area contributed by atoms with Crippen LogP contribution in [0.15, 0.2) is 76.5 Å². The van der Waals surface area contributed by atoms with Crippen molar-refractivity contribution >= 4 is 9.84 Å². The van der Waals surface area contributed by atoms with Crippen LogP contribution in [0.3, 0.4) is 0 Å². The second-order valence-electron chi connectivity index (χ2n) is 11.1. The van der Waals surface area contributed by atoms with Crippen molar-refractivity contribution in [2.24, 2.45) is 11.8 Å². The van der Waals surface area contributed by atoms with Crippen LogP contribution >= 0.6 is 0 Å². The molecule has 39 heavy (non-hydrogen) atoms. The Hall–Kier alpha value is -3.07. The largest absolute Gasteiger partial charge is 0.508 e. The first-order valence-electron chi connectivity index (χ1n) is 13.9. The molecule has 0 unspecified atom stereocenters. The number of hydrogen-bond acceptors (Lipinski definition) is 7. The van der Waals surface area contributed by atoms with Crippen LogP contribution in [0.5, 0.6) is 17.2 Å². The summed E-state index contributed by atoms with van der Waals surface area (Å²) in [5.41, 5.74) is 2.40. The highest BCUT2D eigenvalue weighted by molar-refractivity contribution is 7.91. The lowest BCUT2D eigenvalue weighted by Gasteiger charge is -2.40. The Labute approximate surface area is 230 Å². The van der Waals surface area contributed by atoms with Crippen LogP contribution in [0.4, 0.5) is 0 Å². The van der Waals surface area contributed by atoms with E-state index >= 15 is 0 Å². The van der Waals surface area contributed by atoms with Crippen LogP contribution in [-0.4, -0.2) is 56.3 Å². The standard InChI is InChI=1S/C31H36N2O5S/c34-27-5-1-23(2-6-27)20-32-15-11-25(12-16-32)26-13-17-33(18-14-26)21-24-3-7-28(8-4-24)39(35,36)29-9-10-30-31(19-29)38-22-37-30/h1-10,19,25-26,34H,11-18,20-22H2. The summed E-state index contributed by atoms with van der Waals surface area (Å²) < 4.78 is 36.9. The molecule has 206 valence electrons. The average Bonchev–Trinajstić information content (AvgIpc) is 3.44. The zero-order valence-electron chi connectivity index (χ0n) is 22.2. The quantitative estimate of drug-likeness (QED) is 0.441. The van der Waals surface area contributed by atoms with Gasteiger partial charge in [0.1, 0.15) is 5.75 Å². The molecule has 8 heteroatoms. The fraction of sp³-hybridized carbons (Fsp3) is 0.419. The van der Waals surface area contributed by atoms with Gasteiger partial charge in [0, 0.05) is 19.2 Å². The highest BCUT2D eigenvalue weighted by atomic mass is 32.2. The van der Waals surface area contributed by atoms with E-state index in [9.17, 15) is 13.5 Å². The molecule has 0 atom stereocenters. The summed E-state index contributed by atoms with van der Waals surface area (Å²) in [6.07, 6.45) is 5.00. The normalized spacial score (nSPS) is 19.4. The Bertz CT molecular complexity index is 1380. The van der Waals surface area contributed by atoms with Gasteiger partial charge >= 0.3 is 0 Å². The van der Waals surface area contributed by atoms with E-state index in [-0.39, 0.29) is 11.7 Å².